The Labute approximate surface area is 125 Å². The molecule has 1 aromatic heterocycles. The molecular weight excluding hydrogens is 260 g/mol. The zero-order valence-electron chi connectivity index (χ0n) is 12.1. The van der Waals surface area contributed by atoms with Crippen molar-refractivity contribution in [1.29, 1.82) is 0 Å². The minimum Gasteiger partial charge on any atom is -0.342 e. The van der Waals surface area contributed by atoms with Crippen molar-refractivity contribution < 1.29 is 4.79 Å². The van der Waals surface area contributed by atoms with Gasteiger partial charge in [-0.05, 0) is 42.5 Å². The standard InChI is InChI=1S/C18H20N2O/c21-18(20-12-4-5-13-20)17(16-6-2-1-3-7-16)14-15-8-10-19-11-9-15/h1-3,6-11,17H,4-5,12-14H2. The van der Waals surface area contributed by atoms with Gasteiger partial charge in [0.1, 0.15) is 0 Å². The number of amides is 1. The van der Waals surface area contributed by atoms with Crippen LogP contribution in [0.4, 0.5) is 0 Å². The molecule has 3 rings (SSSR count). The second kappa shape index (κ2) is 6.53. The smallest absolute Gasteiger partial charge is 0.230 e. The van der Waals surface area contributed by atoms with Crippen molar-refractivity contribution in [2.75, 3.05) is 13.1 Å². The van der Waals surface area contributed by atoms with Crippen LogP contribution in [0.25, 0.3) is 0 Å². The maximum Gasteiger partial charge on any atom is 0.230 e. The highest BCUT2D eigenvalue weighted by Gasteiger charge is 2.27. The average Bonchev–Trinajstić information content (AvgIpc) is 3.08. The lowest BCUT2D eigenvalue weighted by Crippen LogP contribution is -2.33. The van der Waals surface area contributed by atoms with Crippen LogP contribution in [0.2, 0.25) is 0 Å². The summed E-state index contributed by atoms with van der Waals surface area (Å²) in [6.07, 6.45) is 6.57. The van der Waals surface area contributed by atoms with E-state index in [4.69, 9.17) is 0 Å². The molecule has 108 valence electrons. The van der Waals surface area contributed by atoms with Crippen molar-refractivity contribution >= 4 is 5.91 Å². The number of nitrogens with zero attached hydrogens (tertiary/aromatic N) is 2. The van der Waals surface area contributed by atoms with E-state index in [1.165, 1.54) is 0 Å². The molecule has 0 saturated carbocycles. The Kier molecular flexibility index (Phi) is 4.29. The molecule has 1 aliphatic rings. The third-order valence-corrected chi connectivity index (χ3v) is 4.11. The maximum atomic E-state index is 12.9. The van der Waals surface area contributed by atoms with E-state index >= 15 is 0 Å². The van der Waals surface area contributed by atoms with Crippen LogP contribution in [-0.4, -0.2) is 28.9 Å². The van der Waals surface area contributed by atoms with E-state index in [0.717, 1.165) is 43.5 Å². The zero-order valence-corrected chi connectivity index (χ0v) is 12.1. The molecule has 1 aliphatic heterocycles. The number of rotatable bonds is 4. The van der Waals surface area contributed by atoms with Gasteiger partial charge < -0.3 is 4.90 Å². The molecule has 21 heavy (non-hydrogen) atoms. The minimum absolute atomic E-state index is 0.0910. The van der Waals surface area contributed by atoms with Crippen LogP contribution in [0.1, 0.15) is 29.9 Å². The van der Waals surface area contributed by atoms with Crippen molar-refractivity contribution in [3.05, 3.63) is 66.0 Å². The van der Waals surface area contributed by atoms with Crippen molar-refractivity contribution in [1.82, 2.24) is 9.88 Å². The number of carbonyl (C=O) groups is 1. The van der Waals surface area contributed by atoms with Crippen LogP contribution in [0.15, 0.2) is 54.9 Å². The summed E-state index contributed by atoms with van der Waals surface area (Å²) in [6.45, 7) is 1.80. The first-order valence-corrected chi connectivity index (χ1v) is 7.57. The van der Waals surface area contributed by atoms with E-state index in [-0.39, 0.29) is 11.8 Å². The van der Waals surface area contributed by atoms with Crippen LogP contribution >= 0.6 is 0 Å². The Morgan fingerprint density at radius 2 is 1.71 bits per heavy atom. The second-order valence-electron chi connectivity index (χ2n) is 5.56. The number of aromatic nitrogens is 1. The normalized spacial score (nSPS) is 15.9. The van der Waals surface area contributed by atoms with E-state index < -0.39 is 0 Å². The average molecular weight is 280 g/mol. The van der Waals surface area contributed by atoms with E-state index in [2.05, 4.69) is 17.1 Å². The Balaban J connectivity index is 1.85. The van der Waals surface area contributed by atoms with Gasteiger partial charge in [-0.1, -0.05) is 30.3 Å². The Hall–Kier alpha value is -2.16. The molecule has 0 N–H and O–H groups in total. The first-order valence-electron chi connectivity index (χ1n) is 7.57. The summed E-state index contributed by atoms with van der Waals surface area (Å²) in [7, 11) is 0. The molecule has 0 aliphatic carbocycles. The van der Waals surface area contributed by atoms with Gasteiger partial charge in [-0.3, -0.25) is 9.78 Å². The molecule has 1 saturated heterocycles. The highest BCUT2D eigenvalue weighted by Crippen LogP contribution is 2.25. The van der Waals surface area contributed by atoms with Gasteiger partial charge in [-0.2, -0.15) is 0 Å². The highest BCUT2D eigenvalue weighted by atomic mass is 16.2. The third-order valence-electron chi connectivity index (χ3n) is 4.11. The molecule has 1 atom stereocenters. The van der Waals surface area contributed by atoms with Crippen molar-refractivity contribution in [2.45, 2.75) is 25.2 Å². The zero-order chi connectivity index (χ0) is 14.5. The summed E-state index contributed by atoms with van der Waals surface area (Å²) in [6, 6.07) is 14.1. The van der Waals surface area contributed by atoms with E-state index in [9.17, 15) is 4.79 Å². The second-order valence-corrected chi connectivity index (χ2v) is 5.56. The molecule has 0 radical (unpaired) electrons. The van der Waals surface area contributed by atoms with Gasteiger partial charge in [0.15, 0.2) is 0 Å². The van der Waals surface area contributed by atoms with Crippen molar-refractivity contribution in [3.8, 4) is 0 Å². The fraction of sp³-hybridized carbons (Fsp3) is 0.333. The summed E-state index contributed by atoms with van der Waals surface area (Å²) < 4.78 is 0. The van der Waals surface area contributed by atoms with Gasteiger partial charge in [-0.25, -0.2) is 0 Å². The van der Waals surface area contributed by atoms with Crippen LogP contribution in [0.3, 0.4) is 0 Å². The van der Waals surface area contributed by atoms with Gasteiger partial charge in [0, 0.05) is 25.5 Å². The first-order chi connectivity index (χ1) is 10.3. The molecule has 1 fully saturated rings. The van der Waals surface area contributed by atoms with Gasteiger partial charge >= 0.3 is 0 Å². The van der Waals surface area contributed by atoms with E-state index in [1.807, 2.05) is 35.2 Å². The SMILES string of the molecule is O=C(C(Cc1ccncc1)c1ccccc1)N1CCCC1. The molecule has 3 heteroatoms. The van der Waals surface area contributed by atoms with Crippen LogP contribution in [0.5, 0.6) is 0 Å². The molecule has 0 spiro atoms. The fourth-order valence-corrected chi connectivity index (χ4v) is 2.95. The predicted molar refractivity (Wildman–Crippen MR) is 82.9 cm³/mol. The Morgan fingerprint density at radius 3 is 2.38 bits per heavy atom. The molecule has 1 amide bonds. The Bertz CT molecular complexity index is 577. The molecular formula is C18H20N2O. The monoisotopic (exact) mass is 280 g/mol. The number of likely N-dealkylation sites (tertiary alicyclic amines) is 1. The van der Waals surface area contributed by atoms with Crippen LogP contribution < -0.4 is 0 Å². The van der Waals surface area contributed by atoms with Crippen LogP contribution in [0, 0.1) is 0 Å². The van der Waals surface area contributed by atoms with E-state index in [0.29, 0.717) is 0 Å². The highest BCUT2D eigenvalue weighted by molar-refractivity contribution is 5.84. The van der Waals surface area contributed by atoms with Gasteiger partial charge in [0.2, 0.25) is 5.91 Å². The molecule has 3 nitrogen and oxygen atoms in total. The largest absolute Gasteiger partial charge is 0.342 e. The Morgan fingerprint density at radius 1 is 1.05 bits per heavy atom. The summed E-state index contributed by atoms with van der Waals surface area (Å²) in [4.78, 5) is 18.9. The first kappa shape index (κ1) is 13.8. The summed E-state index contributed by atoms with van der Waals surface area (Å²) in [5, 5.41) is 0. The third kappa shape index (κ3) is 3.30. The van der Waals surface area contributed by atoms with E-state index in [1.54, 1.807) is 12.4 Å². The summed E-state index contributed by atoms with van der Waals surface area (Å²) >= 11 is 0. The number of hydrogen-bond donors (Lipinski definition) is 0. The molecule has 1 aromatic carbocycles. The molecule has 2 heterocycles. The quantitative estimate of drug-likeness (QED) is 0.862. The molecule has 0 bridgehead atoms. The number of pyridine rings is 1. The van der Waals surface area contributed by atoms with Gasteiger partial charge in [0.25, 0.3) is 0 Å². The molecule has 1 unspecified atom stereocenters. The van der Waals surface area contributed by atoms with Crippen molar-refractivity contribution in [2.24, 2.45) is 0 Å². The van der Waals surface area contributed by atoms with Gasteiger partial charge in [0.05, 0.1) is 5.92 Å². The fourth-order valence-electron chi connectivity index (χ4n) is 2.95. The lowest BCUT2D eigenvalue weighted by atomic mass is 9.91. The lowest BCUT2D eigenvalue weighted by Gasteiger charge is -2.23. The summed E-state index contributed by atoms with van der Waals surface area (Å²) in [5.41, 5.74) is 2.26. The van der Waals surface area contributed by atoms with Crippen LogP contribution in [-0.2, 0) is 11.2 Å². The topological polar surface area (TPSA) is 33.2 Å². The van der Waals surface area contributed by atoms with Crippen molar-refractivity contribution in [3.63, 3.8) is 0 Å². The predicted octanol–water partition coefficient (Wildman–Crippen LogP) is 3.03. The maximum absolute atomic E-state index is 12.9. The van der Waals surface area contributed by atoms with Gasteiger partial charge in [-0.15, -0.1) is 0 Å². The lowest BCUT2D eigenvalue weighted by molar-refractivity contribution is -0.131. The number of carbonyl (C=O) groups excluding carboxylic acids is 1. The number of hydrogen-bond acceptors (Lipinski definition) is 2. The summed E-state index contributed by atoms with van der Waals surface area (Å²) in [5.74, 6) is 0.169. The number of benzene rings is 1. The minimum atomic E-state index is -0.0910. The molecule has 2 aromatic rings.